The van der Waals surface area contributed by atoms with Crippen LogP contribution in [-0.2, 0) is 14.8 Å². The third-order valence-corrected chi connectivity index (χ3v) is 8.02. The van der Waals surface area contributed by atoms with Crippen molar-refractivity contribution in [1.82, 2.24) is 25.3 Å². The molecular weight excluding hydrogens is 492 g/mol. The van der Waals surface area contributed by atoms with Crippen molar-refractivity contribution in [3.63, 3.8) is 0 Å². The van der Waals surface area contributed by atoms with Crippen LogP contribution in [0.3, 0.4) is 0 Å². The number of anilines is 1. The predicted molar refractivity (Wildman–Crippen MR) is 131 cm³/mol. The molecule has 0 aliphatic heterocycles. The van der Waals surface area contributed by atoms with Crippen LogP contribution in [-0.4, -0.2) is 59.8 Å². The van der Waals surface area contributed by atoms with Crippen LogP contribution < -0.4 is 14.8 Å². The molecule has 2 N–H and O–H groups in total. The van der Waals surface area contributed by atoms with E-state index in [1.165, 1.54) is 23.7 Å². The van der Waals surface area contributed by atoms with Crippen LogP contribution in [0.25, 0.3) is 10.6 Å². The fourth-order valence-corrected chi connectivity index (χ4v) is 5.41. The molecule has 1 fully saturated rings. The van der Waals surface area contributed by atoms with Gasteiger partial charge < -0.3 is 14.8 Å². The first-order valence-electron chi connectivity index (χ1n) is 11.1. The summed E-state index contributed by atoms with van der Waals surface area (Å²) in [5.41, 5.74) is 1.47. The zero-order chi connectivity index (χ0) is 24.8. The molecule has 0 aromatic carbocycles. The van der Waals surface area contributed by atoms with Crippen molar-refractivity contribution >= 4 is 33.0 Å². The number of rotatable bonds is 12. The maximum atomic E-state index is 13.0. The number of nitrogens with zero attached hydrogens (tertiary/aromatic N) is 4. The molecular formula is C22H26N6O5S2. The number of hydrogen-bond donors (Lipinski definition) is 2. The van der Waals surface area contributed by atoms with Crippen LogP contribution in [0, 0.1) is 0 Å². The maximum Gasteiger partial charge on any atom is 0.280 e. The van der Waals surface area contributed by atoms with Crippen LogP contribution in [0.1, 0.15) is 47.7 Å². The van der Waals surface area contributed by atoms with E-state index in [9.17, 15) is 13.2 Å². The van der Waals surface area contributed by atoms with E-state index in [-0.39, 0.29) is 16.2 Å². The summed E-state index contributed by atoms with van der Waals surface area (Å²) < 4.78 is 37.8. The lowest BCUT2D eigenvalue weighted by molar-refractivity contribution is 0.0923. The van der Waals surface area contributed by atoms with Crippen molar-refractivity contribution < 1.29 is 22.7 Å². The molecule has 1 saturated carbocycles. The van der Waals surface area contributed by atoms with Gasteiger partial charge in [-0.25, -0.2) is 18.4 Å². The van der Waals surface area contributed by atoms with Crippen LogP contribution in [0.15, 0.2) is 36.9 Å². The van der Waals surface area contributed by atoms with Crippen molar-refractivity contribution in [2.24, 2.45) is 0 Å². The van der Waals surface area contributed by atoms with E-state index in [4.69, 9.17) is 9.47 Å². The minimum absolute atomic E-state index is 0.247. The third-order valence-electron chi connectivity index (χ3n) is 5.13. The maximum absolute atomic E-state index is 13.0. The standard InChI is InChI=1S/C22H26N6O5S2/c1-3-33-20-13-23-11-18(26-20)19-12-25-22(34-19)21(29)27-16(7-9-32-2)17-10-14(6-8-24-17)28-35(30,31)15-4-5-15/h6,8,10-13,15-16H,3-5,7,9H2,1-2H3,(H,24,28)(H,27,29). The quantitative estimate of drug-likeness (QED) is 0.369. The number of ether oxygens (including phenoxy) is 2. The summed E-state index contributed by atoms with van der Waals surface area (Å²) in [5.74, 6) is 0.00864. The number of pyridine rings is 1. The number of hydrogen-bond acceptors (Lipinski definition) is 10. The fraction of sp³-hybridized carbons (Fsp3) is 0.409. The lowest BCUT2D eigenvalue weighted by Gasteiger charge is -2.18. The third kappa shape index (κ3) is 6.50. The van der Waals surface area contributed by atoms with Gasteiger partial charge in [-0.2, -0.15) is 0 Å². The lowest BCUT2D eigenvalue weighted by atomic mass is 10.1. The Bertz CT molecular complexity index is 1280. The Balaban J connectivity index is 1.50. The fourth-order valence-electron chi connectivity index (χ4n) is 3.26. The molecule has 35 heavy (non-hydrogen) atoms. The van der Waals surface area contributed by atoms with E-state index in [0.29, 0.717) is 60.3 Å². The van der Waals surface area contributed by atoms with Crippen LogP contribution in [0.2, 0.25) is 0 Å². The van der Waals surface area contributed by atoms with Crippen molar-refractivity contribution in [1.29, 1.82) is 0 Å². The Morgan fingerprint density at radius 1 is 1.26 bits per heavy atom. The van der Waals surface area contributed by atoms with Crippen molar-refractivity contribution in [2.45, 2.75) is 37.5 Å². The van der Waals surface area contributed by atoms with Gasteiger partial charge in [-0.1, -0.05) is 0 Å². The normalized spacial score (nSPS) is 14.3. The van der Waals surface area contributed by atoms with Crippen molar-refractivity contribution in [3.05, 3.63) is 47.6 Å². The SMILES string of the molecule is CCOc1cncc(-c2cnc(C(=O)NC(CCOC)c3cc(NS(=O)(=O)C4CC4)ccn3)s2)n1. The second-order valence-corrected chi connectivity index (χ2v) is 10.8. The van der Waals surface area contributed by atoms with E-state index in [2.05, 4.69) is 30.0 Å². The Morgan fingerprint density at radius 3 is 2.83 bits per heavy atom. The molecule has 13 heteroatoms. The molecule has 186 valence electrons. The number of carbonyl (C=O) groups is 1. The number of amides is 1. The van der Waals surface area contributed by atoms with Gasteiger partial charge in [0, 0.05) is 26.1 Å². The molecule has 1 aliphatic carbocycles. The average molecular weight is 519 g/mol. The number of methoxy groups -OCH3 is 1. The van der Waals surface area contributed by atoms with E-state index in [1.807, 2.05) is 6.92 Å². The zero-order valence-corrected chi connectivity index (χ0v) is 20.9. The highest BCUT2D eigenvalue weighted by molar-refractivity contribution is 7.93. The molecule has 1 amide bonds. The van der Waals surface area contributed by atoms with E-state index >= 15 is 0 Å². The average Bonchev–Trinajstić information content (AvgIpc) is 3.60. The van der Waals surface area contributed by atoms with Crippen molar-refractivity contribution in [2.75, 3.05) is 25.0 Å². The lowest BCUT2D eigenvalue weighted by Crippen LogP contribution is -2.30. The Kier molecular flexibility index (Phi) is 7.88. The molecule has 4 rings (SSSR count). The minimum atomic E-state index is -3.41. The Labute approximate surface area is 207 Å². The van der Waals surface area contributed by atoms with Gasteiger partial charge in [0.05, 0.1) is 46.6 Å². The molecule has 0 bridgehead atoms. The second-order valence-electron chi connectivity index (χ2n) is 7.83. The predicted octanol–water partition coefficient (Wildman–Crippen LogP) is 2.81. The summed E-state index contributed by atoms with van der Waals surface area (Å²) in [6.07, 6.45) is 7.94. The summed E-state index contributed by atoms with van der Waals surface area (Å²) in [4.78, 5) is 30.8. The summed E-state index contributed by atoms with van der Waals surface area (Å²) in [5, 5.41) is 2.84. The van der Waals surface area contributed by atoms with Gasteiger partial charge in [0.2, 0.25) is 15.9 Å². The molecule has 3 aromatic heterocycles. The van der Waals surface area contributed by atoms with E-state index < -0.39 is 16.1 Å². The van der Waals surface area contributed by atoms with Gasteiger partial charge in [-0.15, -0.1) is 11.3 Å². The molecule has 3 heterocycles. The van der Waals surface area contributed by atoms with Gasteiger partial charge in [-0.05, 0) is 38.3 Å². The van der Waals surface area contributed by atoms with Gasteiger partial charge >= 0.3 is 0 Å². The molecule has 0 radical (unpaired) electrons. The molecule has 1 aliphatic rings. The highest BCUT2D eigenvalue weighted by Gasteiger charge is 2.35. The molecule has 1 unspecified atom stereocenters. The largest absolute Gasteiger partial charge is 0.477 e. The summed E-state index contributed by atoms with van der Waals surface area (Å²) in [6, 6.07) is 2.70. The molecule has 11 nitrogen and oxygen atoms in total. The first-order chi connectivity index (χ1) is 16.9. The first-order valence-corrected chi connectivity index (χ1v) is 13.4. The number of aromatic nitrogens is 4. The smallest absolute Gasteiger partial charge is 0.280 e. The van der Waals surface area contributed by atoms with Crippen LogP contribution in [0.5, 0.6) is 5.88 Å². The van der Waals surface area contributed by atoms with Crippen LogP contribution in [0.4, 0.5) is 5.69 Å². The minimum Gasteiger partial charge on any atom is -0.477 e. The number of carbonyl (C=O) groups excluding carboxylic acids is 1. The van der Waals surface area contributed by atoms with Gasteiger partial charge in [-0.3, -0.25) is 19.5 Å². The highest BCUT2D eigenvalue weighted by Crippen LogP contribution is 2.30. The molecule has 0 spiro atoms. The topological polar surface area (TPSA) is 145 Å². The zero-order valence-electron chi connectivity index (χ0n) is 19.3. The Hall–Kier alpha value is -3.16. The van der Waals surface area contributed by atoms with Gasteiger partial charge in [0.15, 0.2) is 5.01 Å². The van der Waals surface area contributed by atoms with E-state index in [0.717, 1.165) is 0 Å². The first kappa shape index (κ1) is 24.9. The number of nitrogens with one attached hydrogen (secondary N) is 2. The van der Waals surface area contributed by atoms with Crippen LogP contribution >= 0.6 is 11.3 Å². The molecule has 1 atom stereocenters. The summed E-state index contributed by atoms with van der Waals surface area (Å²) in [7, 11) is -1.85. The number of thiazole rings is 1. The molecule has 0 saturated heterocycles. The summed E-state index contributed by atoms with van der Waals surface area (Å²) in [6.45, 7) is 2.69. The number of sulfonamides is 1. The monoisotopic (exact) mass is 518 g/mol. The van der Waals surface area contributed by atoms with Gasteiger partial charge in [0.25, 0.3) is 5.91 Å². The van der Waals surface area contributed by atoms with Gasteiger partial charge in [0.1, 0.15) is 5.69 Å². The van der Waals surface area contributed by atoms with Crippen molar-refractivity contribution in [3.8, 4) is 16.5 Å². The highest BCUT2D eigenvalue weighted by atomic mass is 32.2. The second kappa shape index (κ2) is 11.1. The molecule has 3 aromatic rings. The summed E-state index contributed by atoms with van der Waals surface area (Å²) >= 11 is 1.18. The van der Waals surface area contributed by atoms with E-state index in [1.54, 1.807) is 31.6 Å². The Morgan fingerprint density at radius 2 is 2.09 bits per heavy atom.